The molecular formula is C18H25NO4. The van der Waals surface area contributed by atoms with Crippen LogP contribution in [0.5, 0.6) is 5.75 Å². The van der Waals surface area contributed by atoms with Crippen molar-refractivity contribution in [2.75, 3.05) is 0 Å². The Balaban J connectivity index is 1.95. The molecule has 0 spiro atoms. The Kier molecular flexibility index (Phi) is 5.64. The van der Waals surface area contributed by atoms with Gasteiger partial charge in [-0.1, -0.05) is 12.1 Å². The number of carbonyl (C=O) groups excluding carboxylic acids is 1. The minimum absolute atomic E-state index is 0.0589. The number of ether oxygens (including phenoxy) is 1. The lowest BCUT2D eigenvalue weighted by Crippen LogP contribution is -2.32. The second kappa shape index (κ2) is 7.49. The lowest BCUT2D eigenvalue weighted by molar-refractivity contribution is -0.141. The lowest BCUT2D eigenvalue weighted by Gasteiger charge is -2.19. The summed E-state index contributed by atoms with van der Waals surface area (Å²) in [6.07, 6.45) is 1.76. The fourth-order valence-corrected chi connectivity index (χ4v) is 2.99. The van der Waals surface area contributed by atoms with E-state index in [1.807, 2.05) is 45.0 Å². The molecule has 2 rings (SSSR count). The molecule has 0 radical (unpaired) electrons. The third-order valence-corrected chi connectivity index (χ3v) is 4.24. The van der Waals surface area contributed by atoms with Gasteiger partial charge in [0.25, 0.3) is 0 Å². The van der Waals surface area contributed by atoms with Crippen molar-refractivity contribution in [3.63, 3.8) is 0 Å². The third-order valence-electron chi connectivity index (χ3n) is 4.24. The molecule has 5 heteroatoms. The van der Waals surface area contributed by atoms with Gasteiger partial charge in [0.05, 0.1) is 18.1 Å². The number of hydrogen-bond acceptors (Lipinski definition) is 3. The summed E-state index contributed by atoms with van der Waals surface area (Å²) >= 11 is 0. The maximum Gasteiger partial charge on any atom is 0.306 e. The van der Waals surface area contributed by atoms with Gasteiger partial charge in [0, 0.05) is 5.92 Å². The quantitative estimate of drug-likeness (QED) is 0.844. The van der Waals surface area contributed by atoms with Crippen molar-refractivity contribution in [1.29, 1.82) is 0 Å². The summed E-state index contributed by atoms with van der Waals surface area (Å²) in [5, 5.41) is 12.0. The Morgan fingerprint density at radius 3 is 2.52 bits per heavy atom. The second-order valence-corrected chi connectivity index (χ2v) is 6.51. The number of carboxylic acids is 1. The smallest absolute Gasteiger partial charge is 0.306 e. The van der Waals surface area contributed by atoms with Crippen LogP contribution >= 0.6 is 0 Å². The van der Waals surface area contributed by atoms with E-state index in [-0.39, 0.29) is 29.9 Å². The molecule has 1 fully saturated rings. The molecule has 1 aromatic carbocycles. The average Bonchev–Trinajstić information content (AvgIpc) is 2.97. The van der Waals surface area contributed by atoms with E-state index in [2.05, 4.69) is 5.32 Å². The molecule has 0 aliphatic heterocycles. The van der Waals surface area contributed by atoms with Crippen LogP contribution in [0.1, 0.15) is 51.6 Å². The minimum Gasteiger partial charge on any atom is -0.491 e. The predicted octanol–water partition coefficient (Wildman–Crippen LogP) is 3.15. The monoisotopic (exact) mass is 319 g/mol. The summed E-state index contributed by atoms with van der Waals surface area (Å²) in [6.45, 7) is 5.86. The summed E-state index contributed by atoms with van der Waals surface area (Å²) in [5.41, 5.74) is 0.976. The van der Waals surface area contributed by atoms with E-state index < -0.39 is 5.97 Å². The van der Waals surface area contributed by atoms with Crippen LogP contribution in [-0.4, -0.2) is 23.1 Å². The van der Waals surface area contributed by atoms with E-state index >= 15 is 0 Å². The Morgan fingerprint density at radius 1 is 1.22 bits per heavy atom. The maximum atomic E-state index is 12.3. The zero-order chi connectivity index (χ0) is 17.0. The van der Waals surface area contributed by atoms with Crippen molar-refractivity contribution in [1.82, 2.24) is 5.32 Å². The van der Waals surface area contributed by atoms with Crippen molar-refractivity contribution in [2.45, 2.75) is 52.2 Å². The number of hydrogen-bond donors (Lipinski definition) is 2. The van der Waals surface area contributed by atoms with E-state index in [0.29, 0.717) is 19.3 Å². The molecule has 0 heterocycles. The highest BCUT2D eigenvalue weighted by molar-refractivity contribution is 5.81. The van der Waals surface area contributed by atoms with Crippen molar-refractivity contribution < 1.29 is 19.4 Å². The topological polar surface area (TPSA) is 75.6 Å². The predicted molar refractivity (Wildman–Crippen MR) is 87.2 cm³/mol. The fraction of sp³-hybridized carbons (Fsp3) is 0.556. The molecule has 126 valence electrons. The summed E-state index contributed by atoms with van der Waals surface area (Å²) in [6, 6.07) is 7.55. The van der Waals surface area contributed by atoms with E-state index in [1.165, 1.54) is 0 Å². The van der Waals surface area contributed by atoms with Gasteiger partial charge in [-0.3, -0.25) is 9.59 Å². The Hall–Kier alpha value is -2.04. The van der Waals surface area contributed by atoms with Gasteiger partial charge in [0.2, 0.25) is 5.91 Å². The third kappa shape index (κ3) is 4.71. The number of rotatable bonds is 6. The van der Waals surface area contributed by atoms with E-state index in [9.17, 15) is 9.59 Å². The summed E-state index contributed by atoms with van der Waals surface area (Å²) < 4.78 is 5.67. The first-order valence-corrected chi connectivity index (χ1v) is 8.16. The van der Waals surface area contributed by atoms with Gasteiger partial charge >= 0.3 is 5.97 Å². The average molecular weight is 319 g/mol. The minimum atomic E-state index is -0.799. The molecule has 5 nitrogen and oxygen atoms in total. The first-order valence-electron chi connectivity index (χ1n) is 8.16. The van der Waals surface area contributed by atoms with Crippen LogP contribution in [0.2, 0.25) is 0 Å². The molecule has 0 bridgehead atoms. The van der Waals surface area contributed by atoms with Crippen molar-refractivity contribution in [3.8, 4) is 5.75 Å². The van der Waals surface area contributed by atoms with Crippen LogP contribution in [0.3, 0.4) is 0 Å². The van der Waals surface area contributed by atoms with Crippen LogP contribution < -0.4 is 10.1 Å². The van der Waals surface area contributed by atoms with Crippen molar-refractivity contribution in [2.24, 2.45) is 11.8 Å². The van der Waals surface area contributed by atoms with Gasteiger partial charge in [-0.15, -0.1) is 0 Å². The number of benzene rings is 1. The van der Waals surface area contributed by atoms with Gasteiger partial charge in [-0.05, 0) is 57.7 Å². The molecule has 2 N–H and O–H groups in total. The van der Waals surface area contributed by atoms with E-state index in [4.69, 9.17) is 9.84 Å². The molecule has 1 saturated carbocycles. The number of amides is 1. The Morgan fingerprint density at radius 2 is 1.91 bits per heavy atom. The standard InChI is InChI=1S/C18H25NO4/c1-11(2)23-16-6-4-5-13(10-16)12(3)19-17(20)14-7-8-15(9-14)18(21)22/h4-6,10-12,14-15H,7-9H2,1-3H3,(H,19,20)(H,21,22)/t12?,14-,15+/m1/s1. The van der Waals surface area contributed by atoms with Gasteiger partial charge in [0.1, 0.15) is 5.75 Å². The summed E-state index contributed by atoms with van der Waals surface area (Å²) in [5.74, 6) is -0.661. The molecular weight excluding hydrogens is 294 g/mol. The molecule has 1 aromatic rings. The SMILES string of the molecule is CC(C)Oc1cccc(C(C)NC(=O)[C@@H]2CC[C@H](C(=O)O)C2)c1. The molecule has 23 heavy (non-hydrogen) atoms. The Labute approximate surface area is 137 Å². The molecule has 3 atom stereocenters. The molecule has 1 aliphatic carbocycles. The van der Waals surface area contributed by atoms with Gasteiger partial charge in [-0.2, -0.15) is 0 Å². The van der Waals surface area contributed by atoms with Crippen LogP contribution in [-0.2, 0) is 9.59 Å². The normalized spacial score (nSPS) is 21.9. The molecule has 1 aliphatic rings. The van der Waals surface area contributed by atoms with Crippen LogP contribution in [0.4, 0.5) is 0 Å². The van der Waals surface area contributed by atoms with Crippen LogP contribution in [0, 0.1) is 11.8 Å². The highest BCUT2D eigenvalue weighted by atomic mass is 16.5. The van der Waals surface area contributed by atoms with Crippen molar-refractivity contribution in [3.05, 3.63) is 29.8 Å². The zero-order valence-corrected chi connectivity index (χ0v) is 13.9. The number of carboxylic acid groups (broad SMARTS) is 1. The largest absolute Gasteiger partial charge is 0.491 e. The lowest BCUT2D eigenvalue weighted by atomic mass is 10.0. The van der Waals surface area contributed by atoms with Crippen LogP contribution in [0.15, 0.2) is 24.3 Å². The highest BCUT2D eigenvalue weighted by Crippen LogP contribution is 2.31. The number of aliphatic carboxylic acids is 1. The molecule has 1 amide bonds. The van der Waals surface area contributed by atoms with E-state index in [1.54, 1.807) is 0 Å². The first kappa shape index (κ1) is 17.3. The zero-order valence-electron chi connectivity index (χ0n) is 13.9. The highest BCUT2D eigenvalue weighted by Gasteiger charge is 2.34. The summed E-state index contributed by atoms with van der Waals surface area (Å²) in [7, 11) is 0. The van der Waals surface area contributed by atoms with Crippen LogP contribution in [0.25, 0.3) is 0 Å². The first-order chi connectivity index (χ1) is 10.9. The summed E-state index contributed by atoms with van der Waals surface area (Å²) in [4.78, 5) is 23.3. The van der Waals surface area contributed by atoms with E-state index in [0.717, 1.165) is 11.3 Å². The number of carbonyl (C=O) groups is 2. The van der Waals surface area contributed by atoms with Gasteiger partial charge in [0.15, 0.2) is 0 Å². The molecule has 0 aromatic heterocycles. The molecule has 1 unspecified atom stereocenters. The number of nitrogens with one attached hydrogen (secondary N) is 1. The maximum absolute atomic E-state index is 12.3. The van der Waals surface area contributed by atoms with Crippen molar-refractivity contribution >= 4 is 11.9 Å². The fourth-order valence-electron chi connectivity index (χ4n) is 2.99. The second-order valence-electron chi connectivity index (χ2n) is 6.51. The Bertz CT molecular complexity index is 570. The van der Waals surface area contributed by atoms with Gasteiger partial charge in [-0.25, -0.2) is 0 Å². The molecule has 0 saturated heterocycles. The van der Waals surface area contributed by atoms with Gasteiger partial charge < -0.3 is 15.2 Å².